The molecule has 0 saturated heterocycles. The molecule has 0 heterocycles. The topological polar surface area (TPSA) is 78.9 Å². The molecule has 6 nitrogen and oxygen atoms in total. The van der Waals surface area contributed by atoms with Crippen molar-refractivity contribution < 1.29 is 28.6 Å². The Balaban J connectivity index is 4.38. The zero-order chi connectivity index (χ0) is 55.7. The van der Waals surface area contributed by atoms with E-state index in [9.17, 15) is 14.4 Å². The molecule has 0 saturated carbocycles. The lowest BCUT2D eigenvalue weighted by Crippen LogP contribution is -2.30. The van der Waals surface area contributed by atoms with E-state index >= 15 is 0 Å². The summed E-state index contributed by atoms with van der Waals surface area (Å²) >= 11 is 0. The van der Waals surface area contributed by atoms with Gasteiger partial charge in [-0.3, -0.25) is 14.4 Å². The Morgan fingerprint density at radius 2 is 0.506 bits per heavy atom. The molecule has 0 amide bonds. The Bertz CT molecular complexity index is 1790. The maximum absolute atomic E-state index is 12.8. The summed E-state index contributed by atoms with van der Waals surface area (Å²) in [4.78, 5) is 38.1. The van der Waals surface area contributed by atoms with Gasteiger partial charge in [-0.1, -0.05) is 242 Å². The Labute approximate surface area is 472 Å². The van der Waals surface area contributed by atoms with Gasteiger partial charge >= 0.3 is 17.9 Å². The zero-order valence-electron chi connectivity index (χ0n) is 49.1. The number of unbranched alkanes of at least 4 members (excludes halogenated alkanes) is 14. The standard InChI is InChI=1S/C71H110O6/c1-4-7-10-13-16-19-22-25-26-27-28-29-30-31-32-33-34-35-36-37-38-39-40-41-42-43-44-47-49-52-55-58-61-64-70(73)76-67-68(77-71(74)65-62-59-56-53-50-46-24-21-18-15-12-9-6-3)66-75-69(72)63-60-57-54-51-48-45-23-20-17-14-11-8-5-2/h7,10-12,14-16,19-21,23-26,28-29,31-32,34-35,37-38,40-41,43-44,49,52,68H,4-6,8-9,13,17-18,22,27,30,33,36,39,42,45-48,50-51,53-67H2,1-3H3/b10-7-,14-11-,15-12-,19-16-,23-20-,24-21-,26-25-,29-28-,32-31-,35-34-,38-37-,41-40-,44-43-,52-49-. The van der Waals surface area contributed by atoms with Gasteiger partial charge in [0.05, 0.1) is 0 Å². The Morgan fingerprint density at radius 1 is 0.273 bits per heavy atom. The lowest BCUT2D eigenvalue weighted by molar-refractivity contribution is -0.167. The van der Waals surface area contributed by atoms with Gasteiger partial charge in [0.15, 0.2) is 6.10 Å². The summed E-state index contributed by atoms with van der Waals surface area (Å²) in [5.74, 6) is -0.995. The normalized spacial score (nSPS) is 13.3. The third kappa shape index (κ3) is 61.5. The van der Waals surface area contributed by atoms with Crippen molar-refractivity contribution in [3.05, 3.63) is 170 Å². The van der Waals surface area contributed by atoms with E-state index in [1.165, 1.54) is 12.8 Å². The molecule has 0 rings (SSSR count). The third-order valence-corrected chi connectivity index (χ3v) is 12.1. The van der Waals surface area contributed by atoms with E-state index in [1.807, 2.05) is 0 Å². The third-order valence-electron chi connectivity index (χ3n) is 12.1. The van der Waals surface area contributed by atoms with Gasteiger partial charge in [0.25, 0.3) is 0 Å². The highest BCUT2D eigenvalue weighted by Gasteiger charge is 2.19. The minimum atomic E-state index is -0.817. The highest BCUT2D eigenvalue weighted by atomic mass is 16.6. The number of carbonyl (C=O) groups excluding carboxylic acids is 3. The summed E-state index contributed by atoms with van der Waals surface area (Å²) in [7, 11) is 0. The van der Waals surface area contributed by atoms with Crippen LogP contribution in [0.25, 0.3) is 0 Å². The Morgan fingerprint density at radius 3 is 0.818 bits per heavy atom. The minimum absolute atomic E-state index is 0.112. The van der Waals surface area contributed by atoms with Gasteiger partial charge in [-0.05, 0) is 148 Å². The number of hydrogen-bond acceptors (Lipinski definition) is 6. The number of esters is 3. The molecule has 0 aliphatic carbocycles. The number of carbonyl (C=O) groups is 3. The van der Waals surface area contributed by atoms with Crippen LogP contribution in [0.5, 0.6) is 0 Å². The van der Waals surface area contributed by atoms with Gasteiger partial charge in [0.1, 0.15) is 13.2 Å². The van der Waals surface area contributed by atoms with E-state index in [0.717, 1.165) is 180 Å². The monoisotopic (exact) mass is 1060 g/mol. The number of rotatable bonds is 53. The Hall–Kier alpha value is -5.23. The Kier molecular flexibility index (Phi) is 59.0. The zero-order valence-corrected chi connectivity index (χ0v) is 49.1. The average molecular weight is 1060 g/mol. The number of allylic oxidation sites excluding steroid dienone is 28. The molecule has 0 fully saturated rings. The van der Waals surface area contributed by atoms with Gasteiger partial charge in [0.2, 0.25) is 0 Å². The summed E-state index contributed by atoms with van der Waals surface area (Å²) < 4.78 is 16.8. The number of ether oxygens (including phenoxy) is 3. The van der Waals surface area contributed by atoms with E-state index in [1.54, 1.807) is 0 Å². The molecule has 0 aromatic rings. The van der Waals surface area contributed by atoms with Crippen LogP contribution in [-0.2, 0) is 28.6 Å². The summed E-state index contributed by atoms with van der Waals surface area (Å²) in [5.41, 5.74) is 0. The minimum Gasteiger partial charge on any atom is -0.462 e. The second kappa shape index (κ2) is 63.3. The molecule has 0 aromatic heterocycles. The fourth-order valence-electron chi connectivity index (χ4n) is 7.60. The fraction of sp³-hybridized carbons (Fsp3) is 0.563. The van der Waals surface area contributed by atoms with Crippen molar-refractivity contribution >= 4 is 17.9 Å². The van der Waals surface area contributed by atoms with Crippen LogP contribution < -0.4 is 0 Å². The molecule has 0 spiro atoms. The smallest absolute Gasteiger partial charge is 0.306 e. The molecule has 1 atom stereocenters. The first-order chi connectivity index (χ1) is 38.0. The second-order valence-corrected chi connectivity index (χ2v) is 19.5. The van der Waals surface area contributed by atoms with Gasteiger partial charge in [-0.25, -0.2) is 0 Å². The summed E-state index contributed by atoms with van der Waals surface area (Å²) in [6.07, 6.45) is 93.6. The fourth-order valence-corrected chi connectivity index (χ4v) is 7.60. The van der Waals surface area contributed by atoms with Gasteiger partial charge in [-0.2, -0.15) is 0 Å². The first kappa shape index (κ1) is 71.8. The molecule has 0 bridgehead atoms. The lowest BCUT2D eigenvalue weighted by atomic mass is 10.1. The van der Waals surface area contributed by atoms with Crippen molar-refractivity contribution in [1.82, 2.24) is 0 Å². The molecular weight excluding hydrogens is 949 g/mol. The van der Waals surface area contributed by atoms with Crippen LogP contribution in [-0.4, -0.2) is 37.2 Å². The van der Waals surface area contributed by atoms with Gasteiger partial charge < -0.3 is 14.2 Å². The van der Waals surface area contributed by atoms with Gasteiger partial charge in [-0.15, -0.1) is 0 Å². The highest BCUT2D eigenvalue weighted by Crippen LogP contribution is 2.13. The SMILES string of the molecule is CC/C=C\C/C=C\C/C=C\C/C=C\C/C=C\C/C=C\C/C=C\C/C=C\C/C=C\C/C=C\CCCCC(=O)OCC(COC(=O)CCCCCCC/C=C\C/C=C\CCC)OC(=O)CCCCCCC/C=C\C/C=C\CCC. The maximum atomic E-state index is 12.8. The molecule has 0 aliphatic rings. The van der Waals surface area contributed by atoms with Crippen LogP contribution in [0.15, 0.2) is 170 Å². The molecule has 0 radical (unpaired) electrons. The van der Waals surface area contributed by atoms with Gasteiger partial charge in [0, 0.05) is 19.3 Å². The second-order valence-electron chi connectivity index (χ2n) is 19.5. The van der Waals surface area contributed by atoms with Crippen molar-refractivity contribution in [2.75, 3.05) is 13.2 Å². The molecule has 6 heteroatoms. The van der Waals surface area contributed by atoms with E-state index in [0.29, 0.717) is 19.3 Å². The molecule has 0 N–H and O–H groups in total. The van der Waals surface area contributed by atoms with Crippen molar-refractivity contribution in [1.29, 1.82) is 0 Å². The number of hydrogen-bond donors (Lipinski definition) is 0. The average Bonchev–Trinajstić information content (AvgIpc) is 3.43. The molecule has 77 heavy (non-hydrogen) atoms. The van der Waals surface area contributed by atoms with E-state index < -0.39 is 6.10 Å². The molecule has 430 valence electrons. The van der Waals surface area contributed by atoms with E-state index in [4.69, 9.17) is 14.2 Å². The summed E-state index contributed by atoms with van der Waals surface area (Å²) in [5, 5.41) is 0. The van der Waals surface area contributed by atoms with Crippen molar-refractivity contribution in [3.8, 4) is 0 Å². The van der Waals surface area contributed by atoms with Crippen LogP contribution in [0.4, 0.5) is 0 Å². The molecule has 0 aromatic carbocycles. The summed E-state index contributed by atoms with van der Waals surface area (Å²) in [6, 6.07) is 0. The van der Waals surface area contributed by atoms with Crippen LogP contribution in [0.3, 0.4) is 0 Å². The lowest BCUT2D eigenvalue weighted by Gasteiger charge is -2.18. The van der Waals surface area contributed by atoms with Crippen molar-refractivity contribution in [3.63, 3.8) is 0 Å². The summed E-state index contributed by atoms with van der Waals surface area (Å²) in [6.45, 7) is 6.31. The van der Waals surface area contributed by atoms with Crippen LogP contribution >= 0.6 is 0 Å². The first-order valence-corrected chi connectivity index (χ1v) is 30.6. The van der Waals surface area contributed by atoms with Crippen LogP contribution in [0.1, 0.15) is 239 Å². The largest absolute Gasteiger partial charge is 0.462 e. The predicted octanol–water partition coefficient (Wildman–Crippen LogP) is 21.1. The van der Waals surface area contributed by atoms with E-state index in [2.05, 4.69) is 191 Å². The van der Waals surface area contributed by atoms with Crippen LogP contribution in [0, 0.1) is 0 Å². The quantitative estimate of drug-likeness (QED) is 0.0261. The van der Waals surface area contributed by atoms with Crippen LogP contribution in [0.2, 0.25) is 0 Å². The highest BCUT2D eigenvalue weighted by molar-refractivity contribution is 5.71. The molecule has 1 unspecified atom stereocenters. The van der Waals surface area contributed by atoms with E-state index in [-0.39, 0.29) is 37.5 Å². The predicted molar refractivity (Wildman–Crippen MR) is 334 cm³/mol. The molecular formula is C71H110O6. The maximum Gasteiger partial charge on any atom is 0.306 e. The van der Waals surface area contributed by atoms with Crippen molar-refractivity contribution in [2.45, 2.75) is 245 Å². The van der Waals surface area contributed by atoms with Crippen molar-refractivity contribution in [2.24, 2.45) is 0 Å². The molecule has 0 aliphatic heterocycles. The first-order valence-electron chi connectivity index (χ1n) is 30.6.